The number of halogens is 1. The monoisotopic (exact) mass is 366 g/mol. The van der Waals surface area contributed by atoms with Crippen molar-refractivity contribution in [3.8, 4) is 0 Å². The van der Waals surface area contributed by atoms with Crippen molar-refractivity contribution in [1.82, 2.24) is 14.9 Å². The highest BCUT2D eigenvalue weighted by molar-refractivity contribution is 6.31. The fraction of sp³-hybridized carbons (Fsp3) is 0.150. The van der Waals surface area contributed by atoms with Crippen LogP contribution in [0, 0.1) is 6.92 Å². The van der Waals surface area contributed by atoms with E-state index in [0.717, 1.165) is 16.8 Å². The van der Waals surface area contributed by atoms with Crippen LogP contribution in [-0.2, 0) is 6.54 Å². The summed E-state index contributed by atoms with van der Waals surface area (Å²) >= 11 is 6.12. The fourth-order valence-corrected chi connectivity index (χ4v) is 2.63. The summed E-state index contributed by atoms with van der Waals surface area (Å²) in [7, 11) is 1.75. The molecule has 132 valence electrons. The van der Waals surface area contributed by atoms with Crippen molar-refractivity contribution >= 4 is 29.0 Å². The molecule has 5 nitrogen and oxygen atoms in total. The molecule has 1 amide bonds. The molecule has 1 heterocycles. The van der Waals surface area contributed by atoms with Crippen LogP contribution in [0.4, 0.5) is 11.5 Å². The van der Waals surface area contributed by atoms with Crippen molar-refractivity contribution in [2.24, 2.45) is 0 Å². The van der Waals surface area contributed by atoms with Crippen LogP contribution in [0.3, 0.4) is 0 Å². The Morgan fingerprint density at radius 1 is 1.12 bits per heavy atom. The van der Waals surface area contributed by atoms with Gasteiger partial charge in [0.1, 0.15) is 11.5 Å². The van der Waals surface area contributed by atoms with Gasteiger partial charge in [0, 0.05) is 24.3 Å². The van der Waals surface area contributed by atoms with Crippen LogP contribution in [0.2, 0.25) is 5.02 Å². The third kappa shape index (κ3) is 4.37. The van der Waals surface area contributed by atoms with Gasteiger partial charge in [0.05, 0.1) is 12.4 Å². The maximum Gasteiger partial charge on any atom is 0.274 e. The molecule has 2 aromatic carbocycles. The topological polar surface area (TPSA) is 58.1 Å². The van der Waals surface area contributed by atoms with Crippen molar-refractivity contribution in [3.05, 3.63) is 82.8 Å². The lowest BCUT2D eigenvalue weighted by atomic mass is 10.2. The summed E-state index contributed by atoms with van der Waals surface area (Å²) in [6.07, 6.45) is 3.01. The highest BCUT2D eigenvalue weighted by Crippen LogP contribution is 2.22. The number of nitrogens with one attached hydrogen (secondary N) is 1. The first-order valence-corrected chi connectivity index (χ1v) is 8.55. The molecule has 26 heavy (non-hydrogen) atoms. The van der Waals surface area contributed by atoms with Gasteiger partial charge < -0.3 is 10.2 Å². The molecule has 0 spiro atoms. The van der Waals surface area contributed by atoms with E-state index >= 15 is 0 Å². The number of hydrogen-bond acceptors (Lipinski definition) is 4. The Morgan fingerprint density at radius 3 is 2.54 bits per heavy atom. The molecule has 0 unspecified atom stereocenters. The summed E-state index contributed by atoms with van der Waals surface area (Å²) in [4.78, 5) is 22.6. The van der Waals surface area contributed by atoms with Crippen molar-refractivity contribution in [2.75, 3.05) is 12.4 Å². The molecule has 0 aliphatic carbocycles. The van der Waals surface area contributed by atoms with Crippen molar-refractivity contribution < 1.29 is 4.79 Å². The molecule has 0 saturated carbocycles. The van der Waals surface area contributed by atoms with E-state index in [4.69, 9.17) is 11.6 Å². The molecular weight excluding hydrogens is 348 g/mol. The van der Waals surface area contributed by atoms with Gasteiger partial charge in [-0.15, -0.1) is 0 Å². The molecule has 3 rings (SSSR count). The average Bonchev–Trinajstić information content (AvgIpc) is 2.65. The third-order valence-corrected chi connectivity index (χ3v) is 4.33. The first-order valence-electron chi connectivity index (χ1n) is 8.17. The highest BCUT2D eigenvalue weighted by Gasteiger charge is 2.14. The summed E-state index contributed by atoms with van der Waals surface area (Å²) in [5.74, 6) is 0.374. The number of nitrogens with zero attached hydrogens (tertiary/aromatic N) is 3. The summed E-state index contributed by atoms with van der Waals surface area (Å²) in [6, 6.07) is 15.5. The minimum atomic E-state index is -0.175. The summed E-state index contributed by atoms with van der Waals surface area (Å²) in [5.41, 5.74) is 3.18. The number of aryl methyl sites for hydroxylation is 1. The van der Waals surface area contributed by atoms with Gasteiger partial charge in [-0.1, -0.05) is 48.0 Å². The molecule has 1 aromatic heterocycles. The molecule has 3 aromatic rings. The largest absolute Gasteiger partial charge is 0.339 e. The van der Waals surface area contributed by atoms with E-state index in [1.807, 2.05) is 55.5 Å². The first kappa shape index (κ1) is 17.9. The van der Waals surface area contributed by atoms with E-state index in [1.54, 1.807) is 11.9 Å². The normalized spacial score (nSPS) is 10.4. The zero-order valence-electron chi connectivity index (χ0n) is 14.6. The van der Waals surface area contributed by atoms with Gasteiger partial charge in [-0.2, -0.15) is 0 Å². The van der Waals surface area contributed by atoms with Gasteiger partial charge in [0.15, 0.2) is 0 Å². The lowest BCUT2D eigenvalue weighted by Gasteiger charge is -2.16. The predicted molar refractivity (Wildman–Crippen MR) is 104 cm³/mol. The van der Waals surface area contributed by atoms with Crippen molar-refractivity contribution in [2.45, 2.75) is 13.5 Å². The molecular formula is C20H19ClN4O. The number of hydrogen-bond donors (Lipinski definition) is 1. The van der Waals surface area contributed by atoms with Crippen LogP contribution in [0.25, 0.3) is 0 Å². The maximum absolute atomic E-state index is 12.5. The second-order valence-electron chi connectivity index (χ2n) is 6.02. The Bertz CT molecular complexity index is 897. The summed E-state index contributed by atoms with van der Waals surface area (Å²) in [6.45, 7) is 2.46. The predicted octanol–water partition coefficient (Wildman–Crippen LogP) is 4.45. The van der Waals surface area contributed by atoms with Gasteiger partial charge in [-0.25, -0.2) is 9.97 Å². The number of anilines is 2. The molecule has 0 fully saturated rings. The molecule has 0 bridgehead atoms. The van der Waals surface area contributed by atoms with Crippen molar-refractivity contribution in [1.29, 1.82) is 0 Å². The van der Waals surface area contributed by atoms with Crippen molar-refractivity contribution in [3.63, 3.8) is 0 Å². The van der Waals surface area contributed by atoms with E-state index < -0.39 is 0 Å². The second-order valence-corrected chi connectivity index (χ2v) is 6.43. The Hall–Kier alpha value is -2.92. The molecule has 0 aliphatic rings. The number of benzene rings is 2. The molecule has 1 N–H and O–H groups in total. The lowest BCUT2D eigenvalue weighted by Crippen LogP contribution is -2.27. The summed E-state index contributed by atoms with van der Waals surface area (Å²) in [5, 5.41) is 3.80. The minimum Gasteiger partial charge on any atom is -0.339 e. The second kappa shape index (κ2) is 7.97. The highest BCUT2D eigenvalue weighted by atomic mass is 35.5. The van der Waals surface area contributed by atoms with E-state index in [2.05, 4.69) is 15.3 Å². The number of rotatable bonds is 5. The molecule has 6 heteroatoms. The molecule has 0 aliphatic heterocycles. The van der Waals surface area contributed by atoms with E-state index in [-0.39, 0.29) is 5.91 Å². The zero-order chi connectivity index (χ0) is 18.5. The van der Waals surface area contributed by atoms with Crippen LogP contribution >= 0.6 is 11.6 Å². The fourth-order valence-electron chi connectivity index (χ4n) is 2.45. The van der Waals surface area contributed by atoms with Crippen LogP contribution in [0.1, 0.15) is 21.6 Å². The Balaban J connectivity index is 1.66. The maximum atomic E-state index is 12.5. The van der Waals surface area contributed by atoms with E-state index in [1.165, 1.54) is 12.4 Å². The number of aromatic nitrogens is 2. The zero-order valence-corrected chi connectivity index (χ0v) is 15.4. The standard InChI is InChI=1S/C20H19ClN4O/c1-14-8-9-16(10-17(14)21)24-19-12-22-18(11-23-19)20(26)25(2)13-15-6-4-3-5-7-15/h3-12H,13H2,1-2H3,(H,23,24). The van der Waals surface area contributed by atoms with Gasteiger partial charge in [0.2, 0.25) is 0 Å². The van der Waals surface area contributed by atoms with Gasteiger partial charge >= 0.3 is 0 Å². The van der Waals surface area contributed by atoms with Crippen LogP contribution < -0.4 is 5.32 Å². The number of amides is 1. The van der Waals surface area contributed by atoms with E-state index in [0.29, 0.717) is 23.1 Å². The third-order valence-electron chi connectivity index (χ3n) is 3.92. The number of carbonyl (C=O) groups is 1. The SMILES string of the molecule is Cc1ccc(Nc2cnc(C(=O)N(C)Cc3ccccc3)cn2)cc1Cl. The number of carbonyl (C=O) groups excluding carboxylic acids is 1. The molecule has 0 atom stereocenters. The Morgan fingerprint density at radius 2 is 1.88 bits per heavy atom. The van der Waals surface area contributed by atoms with Crippen LogP contribution in [0.5, 0.6) is 0 Å². The molecule has 0 radical (unpaired) electrons. The van der Waals surface area contributed by atoms with Crippen LogP contribution in [0.15, 0.2) is 60.9 Å². The Kier molecular flexibility index (Phi) is 5.49. The summed E-state index contributed by atoms with van der Waals surface area (Å²) < 4.78 is 0. The molecule has 0 saturated heterocycles. The van der Waals surface area contributed by atoms with E-state index in [9.17, 15) is 4.79 Å². The quantitative estimate of drug-likeness (QED) is 0.724. The smallest absolute Gasteiger partial charge is 0.274 e. The van der Waals surface area contributed by atoms with Gasteiger partial charge in [-0.05, 0) is 30.2 Å². The minimum absolute atomic E-state index is 0.175. The van der Waals surface area contributed by atoms with Gasteiger partial charge in [0.25, 0.3) is 5.91 Å². The Labute approximate surface area is 157 Å². The van der Waals surface area contributed by atoms with Crippen LogP contribution in [-0.4, -0.2) is 27.8 Å². The lowest BCUT2D eigenvalue weighted by molar-refractivity contribution is 0.0779. The van der Waals surface area contributed by atoms with Gasteiger partial charge in [-0.3, -0.25) is 4.79 Å². The average molecular weight is 367 g/mol. The first-order chi connectivity index (χ1) is 12.5.